The number of esters is 1. The van der Waals surface area contributed by atoms with Gasteiger partial charge in [0.2, 0.25) is 0 Å². The molecule has 0 atom stereocenters. The average Bonchev–Trinajstić information content (AvgIpc) is 2.97. The molecule has 0 bridgehead atoms. The molecular formula is C14H20N4O3. The molecule has 2 rings (SSSR count). The molecule has 114 valence electrons. The number of nitrogens with zero attached hydrogens (tertiary/aromatic N) is 4. The van der Waals surface area contributed by atoms with Gasteiger partial charge in [-0.2, -0.15) is 0 Å². The molecule has 0 aliphatic rings. The predicted octanol–water partition coefficient (Wildman–Crippen LogP) is 2.00. The van der Waals surface area contributed by atoms with Gasteiger partial charge in [-0.25, -0.2) is 9.48 Å². The van der Waals surface area contributed by atoms with Crippen molar-refractivity contribution in [1.82, 2.24) is 20.2 Å². The van der Waals surface area contributed by atoms with Crippen molar-refractivity contribution in [3.8, 4) is 0 Å². The second kappa shape index (κ2) is 6.51. The molecule has 0 saturated carbocycles. The second-order valence-corrected chi connectivity index (χ2v) is 5.30. The maximum absolute atomic E-state index is 11.9. The third-order valence-corrected chi connectivity index (χ3v) is 2.89. The normalized spacial score (nSPS) is 11.1. The quantitative estimate of drug-likeness (QED) is 0.757. The van der Waals surface area contributed by atoms with E-state index in [4.69, 9.17) is 9.26 Å². The molecule has 2 aromatic heterocycles. The molecule has 7 nitrogen and oxygen atoms in total. The van der Waals surface area contributed by atoms with Gasteiger partial charge < -0.3 is 9.26 Å². The Bertz CT molecular complexity index is 616. The fraction of sp³-hybridized carbons (Fsp3) is 0.571. The van der Waals surface area contributed by atoms with Crippen LogP contribution in [0.15, 0.2) is 10.6 Å². The van der Waals surface area contributed by atoms with Crippen LogP contribution in [0.5, 0.6) is 0 Å². The van der Waals surface area contributed by atoms with Crippen LogP contribution in [-0.4, -0.2) is 32.7 Å². The van der Waals surface area contributed by atoms with Crippen molar-refractivity contribution < 1.29 is 14.1 Å². The van der Waals surface area contributed by atoms with Gasteiger partial charge in [0.25, 0.3) is 0 Å². The minimum absolute atomic E-state index is 0.279. The van der Waals surface area contributed by atoms with Crippen LogP contribution < -0.4 is 0 Å². The lowest BCUT2D eigenvalue weighted by atomic mass is 10.1. The van der Waals surface area contributed by atoms with Gasteiger partial charge in [-0.3, -0.25) is 0 Å². The summed E-state index contributed by atoms with van der Waals surface area (Å²) in [6.45, 7) is 8.48. The van der Waals surface area contributed by atoms with Gasteiger partial charge in [0, 0.05) is 6.07 Å². The van der Waals surface area contributed by atoms with Crippen molar-refractivity contribution in [2.75, 3.05) is 6.61 Å². The third-order valence-electron chi connectivity index (χ3n) is 2.89. The van der Waals surface area contributed by atoms with E-state index in [0.717, 1.165) is 11.4 Å². The Morgan fingerprint density at radius 2 is 2.24 bits per heavy atom. The zero-order chi connectivity index (χ0) is 15.4. The highest BCUT2D eigenvalue weighted by Crippen LogP contribution is 2.15. The van der Waals surface area contributed by atoms with E-state index in [-0.39, 0.29) is 5.69 Å². The molecule has 2 heterocycles. The molecular weight excluding hydrogens is 272 g/mol. The van der Waals surface area contributed by atoms with Crippen molar-refractivity contribution in [1.29, 1.82) is 0 Å². The van der Waals surface area contributed by atoms with E-state index in [1.165, 1.54) is 0 Å². The molecule has 0 unspecified atom stereocenters. The second-order valence-electron chi connectivity index (χ2n) is 5.30. The summed E-state index contributed by atoms with van der Waals surface area (Å²) in [5.74, 6) is 0.609. The third kappa shape index (κ3) is 3.68. The van der Waals surface area contributed by atoms with Crippen LogP contribution in [-0.2, 0) is 17.7 Å². The molecule has 0 aliphatic carbocycles. The zero-order valence-corrected chi connectivity index (χ0v) is 12.8. The smallest absolute Gasteiger partial charge is 0.360 e. The van der Waals surface area contributed by atoms with E-state index in [1.54, 1.807) is 11.6 Å². The summed E-state index contributed by atoms with van der Waals surface area (Å²) in [5, 5.41) is 11.9. The van der Waals surface area contributed by atoms with Crippen molar-refractivity contribution in [3.05, 3.63) is 28.9 Å². The fourth-order valence-corrected chi connectivity index (χ4v) is 2.04. The number of hydrogen-bond acceptors (Lipinski definition) is 6. The van der Waals surface area contributed by atoms with Gasteiger partial charge in [-0.15, -0.1) is 5.10 Å². The largest absolute Gasteiger partial charge is 0.461 e. The predicted molar refractivity (Wildman–Crippen MR) is 74.9 cm³/mol. The van der Waals surface area contributed by atoms with E-state index in [9.17, 15) is 4.79 Å². The summed E-state index contributed by atoms with van der Waals surface area (Å²) in [5.41, 5.74) is 1.85. The van der Waals surface area contributed by atoms with E-state index < -0.39 is 5.97 Å². The first kappa shape index (κ1) is 15.2. The summed E-state index contributed by atoms with van der Waals surface area (Å²) < 4.78 is 11.9. The maximum Gasteiger partial charge on any atom is 0.360 e. The zero-order valence-electron chi connectivity index (χ0n) is 12.8. The summed E-state index contributed by atoms with van der Waals surface area (Å²) >= 11 is 0. The molecule has 0 aromatic carbocycles. The lowest BCUT2D eigenvalue weighted by Crippen LogP contribution is -2.13. The number of ether oxygens (including phenoxy) is 1. The number of aryl methyl sites for hydroxylation is 1. The Balaban J connectivity index is 2.29. The van der Waals surface area contributed by atoms with Crippen molar-refractivity contribution in [2.24, 2.45) is 5.92 Å². The lowest BCUT2D eigenvalue weighted by molar-refractivity contribution is 0.0517. The Kier molecular flexibility index (Phi) is 4.72. The molecule has 2 aromatic rings. The topological polar surface area (TPSA) is 83.0 Å². The Morgan fingerprint density at radius 3 is 2.81 bits per heavy atom. The summed E-state index contributed by atoms with van der Waals surface area (Å²) in [7, 11) is 0. The Morgan fingerprint density at radius 1 is 1.48 bits per heavy atom. The molecule has 0 radical (unpaired) electrons. The summed E-state index contributed by atoms with van der Waals surface area (Å²) in [4.78, 5) is 11.9. The number of hydrogen-bond donors (Lipinski definition) is 0. The minimum atomic E-state index is -0.437. The number of rotatable bonds is 6. The van der Waals surface area contributed by atoms with Crippen LogP contribution in [0.3, 0.4) is 0 Å². The van der Waals surface area contributed by atoms with E-state index in [2.05, 4.69) is 29.3 Å². The van der Waals surface area contributed by atoms with Crippen LogP contribution in [0.4, 0.5) is 0 Å². The number of aromatic nitrogens is 4. The van der Waals surface area contributed by atoms with Crippen LogP contribution >= 0.6 is 0 Å². The Hall–Kier alpha value is -2.18. The molecule has 0 amide bonds. The van der Waals surface area contributed by atoms with Crippen LogP contribution in [0.25, 0.3) is 0 Å². The van der Waals surface area contributed by atoms with Crippen molar-refractivity contribution >= 4 is 5.97 Å². The minimum Gasteiger partial charge on any atom is -0.461 e. The van der Waals surface area contributed by atoms with Gasteiger partial charge in [0.15, 0.2) is 11.5 Å². The molecule has 0 saturated heterocycles. The van der Waals surface area contributed by atoms with Gasteiger partial charge in [0.1, 0.15) is 6.54 Å². The monoisotopic (exact) mass is 292 g/mol. The maximum atomic E-state index is 11.9. The van der Waals surface area contributed by atoms with Gasteiger partial charge in [-0.05, 0) is 26.2 Å². The number of carbonyl (C=O) groups excluding carboxylic acids is 1. The van der Waals surface area contributed by atoms with Gasteiger partial charge >= 0.3 is 5.97 Å². The molecule has 0 spiro atoms. The van der Waals surface area contributed by atoms with E-state index in [0.29, 0.717) is 31.3 Å². The molecule has 0 fully saturated rings. The highest BCUT2D eigenvalue weighted by molar-refractivity contribution is 5.88. The molecule has 0 N–H and O–H groups in total. The fourth-order valence-electron chi connectivity index (χ4n) is 2.04. The van der Waals surface area contributed by atoms with E-state index >= 15 is 0 Å². The van der Waals surface area contributed by atoms with Crippen LogP contribution in [0, 0.1) is 12.8 Å². The summed E-state index contributed by atoms with van der Waals surface area (Å²) in [6, 6.07) is 1.84. The highest BCUT2D eigenvalue weighted by Gasteiger charge is 2.22. The molecule has 0 aliphatic heterocycles. The standard InChI is InChI=1S/C14H20N4O3/c1-5-20-14(19)13-12(6-9(2)3)18(17-15-13)8-11-7-10(4)16-21-11/h7,9H,5-6,8H2,1-4H3. The summed E-state index contributed by atoms with van der Waals surface area (Å²) in [6.07, 6.45) is 0.689. The van der Waals surface area contributed by atoms with Crippen LogP contribution in [0.1, 0.15) is 48.4 Å². The SMILES string of the molecule is CCOC(=O)c1nnn(Cc2cc(C)no2)c1CC(C)C. The van der Waals surface area contributed by atoms with Crippen molar-refractivity contribution in [2.45, 2.75) is 40.7 Å². The first-order valence-electron chi connectivity index (χ1n) is 7.03. The number of carbonyl (C=O) groups is 1. The highest BCUT2D eigenvalue weighted by atomic mass is 16.5. The first-order chi connectivity index (χ1) is 10.0. The molecule has 7 heteroatoms. The Labute approximate surface area is 123 Å². The van der Waals surface area contributed by atoms with Crippen LogP contribution in [0.2, 0.25) is 0 Å². The van der Waals surface area contributed by atoms with Gasteiger partial charge in [0.05, 0.1) is 18.0 Å². The molecule has 21 heavy (non-hydrogen) atoms. The lowest BCUT2D eigenvalue weighted by Gasteiger charge is -2.08. The van der Waals surface area contributed by atoms with Gasteiger partial charge in [-0.1, -0.05) is 24.2 Å². The van der Waals surface area contributed by atoms with Crippen molar-refractivity contribution in [3.63, 3.8) is 0 Å². The average molecular weight is 292 g/mol. The van der Waals surface area contributed by atoms with E-state index in [1.807, 2.05) is 13.0 Å². The first-order valence-corrected chi connectivity index (χ1v) is 7.03.